The highest BCUT2D eigenvalue weighted by molar-refractivity contribution is 6.22. The van der Waals surface area contributed by atoms with Crippen LogP contribution in [0.15, 0.2) is 48.5 Å². The van der Waals surface area contributed by atoms with Crippen LogP contribution in [0.5, 0.6) is 0 Å². The van der Waals surface area contributed by atoms with E-state index in [4.69, 9.17) is 17.3 Å². The molecule has 152 valence electrons. The summed E-state index contributed by atoms with van der Waals surface area (Å²) in [6.45, 7) is 0. The van der Waals surface area contributed by atoms with Crippen LogP contribution in [0.2, 0.25) is 0 Å². The smallest absolute Gasteiger partial charge is 0.399 e. The van der Waals surface area contributed by atoms with Crippen molar-refractivity contribution in [3.05, 3.63) is 59.7 Å². The van der Waals surface area contributed by atoms with E-state index in [2.05, 4.69) is 5.32 Å². The van der Waals surface area contributed by atoms with Gasteiger partial charge in [0.1, 0.15) is 5.38 Å². The van der Waals surface area contributed by atoms with E-state index >= 15 is 0 Å². The molecule has 28 heavy (non-hydrogen) atoms. The third-order valence-electron chi connectivity index (χ3n) is 3.81. The summed E-state index contributed by atoms with van der Waals surface area (Å²) in [7, 11) is 0. The van der Waals surface area contributed by atoms with Gasteiger partial charge in [0.2, 0.25) is 0 Å². The Labute approximate surface area is 159 Å². The van der Waals surface area contributed by atoms with Crippen molar-refractivity contribution in [1.82, 2.24) is 0 Å². The molecule has 0 bridgehead atoms. The van der Waals surface area contributed by atoms with Crippen molar-refractivity contribution < 1.29 is 35.5 Å². The first-order valence-corrected chi connectivity index (χ1v) is 7.95. The number of para-hydroxylation sites is 1. The fraction of sp³-hybridized carbons (Fsp3) is 0.235. The predicted molar refractivity (Wildman–Crippen MR) is 89.8 cm³/mol. The highest BCUT2D eigenvalue weighted by Crippen LogP contribution is 2.56. The summed E-state index contributed by atoms with van der Waals surface area (Å²) in [6, 6.07) is 9.49. The van der Waals surface area contributed by atoms with Crippen molar-refractivity contribution in [3.63, 3.8) is 0 Å². The first kappa shape index (κ1) is 21.8. The molecule has 2 aromatic rings. The van der Waals surface area contributed by atoms with Gasteiger partial charge in [-0.05, 0) is 29.8 Å². The van der Waals surface area contributed by atoms with Gasteiger partial charge >= 0.3 is 18.0 Å². The lowest BCUT2D eigenvalue weighted by molar-refractivity contribution is -0.342. The average molecular weight is 429 g/mol. The number of hydrogen-bond donors (Lipinski definition) is 2. The van der Waals surface area contributed by atoms with Gasteiger partial charge in [0, 0.05) is 16.9 Å². The van der Waals surface area contributed by atoms with Crippen LogP contribution in [0.4, 0.5) is 42.1 Å². The van der Waals surface area contributed by atoms with Crippen molar-refractivity contribution in [2.24, 2.45) is 0 Å². The second-order valence-electron chi connectivity index (χ2n) is 5.74. The first-order chi connectivity index (χ1) is 12.8. The van der Waals surface area contributed by atoms with E-state index in [1.807, 2.05) is 0 Å². The van der Waals surface area contributed by atoms with E-state index in [0.717, 1.165) is 18.2 Å². The lowest BCUT2D eigenvalue weighted by Gasteiger charge is -2.34. The summed E-state index contributed by atoms with van der Waals surface area (Å²) < 4.78 is 92.0. The number of alkyl halides is 8. The SMILES string of the molecule is Nc1cccc(C(=O)Nc2ccccc2C(Cl)C(F)(C(F)(F)F)C(F)(F)F)c1. The molecule has 0 aliphatic rings. The number of rotatable bonds is 4. The lowest BCUT2D eigenvalue weighted by atomic mass is 9.93. The number of anilines is 2. The molecular weight excluding hydrogens is 417 g/mol. The Morgan fingerprint density at radius 3 is 2.04 bits per heavy atom. The van der Waals surface area contributed by atoms with Gasteiger partial charge in [-0.1, -0.05) is 24.3 Å². The summed E-state index contributed by atoms with van der Waals surface area (Å²) >= 11 is 5.36. The van der Waals surface area contributed by atoms with Crippen molar-refractivity contribution in [2.75, 3.05) is 11.1 Å². The molecule has 2 rings (SSSR count). The lowest BCUT2D eigenvalue weighted by Crippen LogP contribution is -2.56. The Bertz CT molecular complexity index is 853. The number of benzene rings is 2. The quantitative estimate of drug-likeness (QED) is 0.376. The molecule has 1 amide bonds. The molecule has 2 aromatic carbocycles. The van der Waals surface area contributed by atoms with Gasteiger partial charge in [0.25, 0.3) is 5.91 Å². The minimum Gasteiger partial charge on any atom is -0.399 e. The number of amides is 1. The third-order valence-corrected chi connectivity index (χ3v) is 4.34. The van der Waals surface area contributed by atoms with E-state index < -0.39 is 40.6 Å². The zero-order chi connectivity index (χ0) is 21.3. The fourth-order valence-corrected chi connectivity index (χ4v) is 2.81. The minimum absolute atomic E-state index is 0.0147. The van der Waals surface area contributed by atoms with Crippen LogP contribution in [0, 0.1) is 0 Å². The molecule has 0 radical (unpaired) electrons. The summed E-state index contributed by atoms with van der Waals surface area (Å²) in [5, 5.41) is -1.07. The van der Waals surface area contributed by atoms with Gasteiger partial charge < -0.3 is 11.1 Å². The van der Waals surface area contributed by atoms with Crippen LogP contribution < -0.4 is 11.1 Å². The molecule has 0 aliphatic carbocycles. The highest BCUT2D eigenvalue weighted by atomic mass is 35.5. The molecule has 0 heterocycles. The Balaban J connectivity index is 2.46. The number of nitrogen functional groups attached to an aromatic ring is 1. The van der Waals surface area contributed by atoms with E-state index in [-0.39, 0.29) is 11.3 Å². The Kier molecular flexibility index (Phi) is 5.84. The number of halogens is 8. The summed E-state index contributed by atoms with van der Waals surface area (Å²) in [5.41, 5.74) is -1.43. The molecule has 0 spiro atoms. The highest BCUT2D eigenvalue weighted by Gasteiger charge is 2.76. The molecule has 0 saturated carbocycles. The third kappa shape index (κ3) is 4.01. The van der Waals surface area contributed by atoms with E-state index in [0.29, 0.717) is 0 Å². The Hall–Kier alpha value is -2.49. The van der Waals surface area contributed by atoms with Crippen molar-refractivity contribution in [2.45, 2.75) is 23.4 Å². The molecule has 3 nitrogen and oxygen atoms in total. The normalized spacial score (nSPS) is 13.9. The van der Waals surface area contributed by atoms with Crippen molar-refractivity contribution in [1.29, 1.82) is 0 Å². The first-order valence-electron chi connectivity index (χ1n) is 7.51. The summed E-state index contributed by atoms with van der Waals surface area (Å²) in [5.74, 6) is -0.882. The van der Waals surface area contributed by atoms with Crippen molar-refractivity contribution in [3.8, 4) is 0 Å². The van der Waals surface area contributed by atoms with E-state index in [1.54, 1.807) is 0 Å². The second kappa shape index (κ2) is 7.50. The van der Waals surface area contributed by atoms with Crippen LogP contribution in [0.25, 0.3) is 0 Å². The number of nitrogens with two attached hydrogens (primary N) is 1. The van der Waals surface area contributed by atoms with Crippen LogP contribution in [0.3, 0.4) is 0 Å². The number of carbonyl (C=O) groups is 1. The molecule has 1 atom stereocenters. The molecule has 0 aliphatic heterocycles. The van der Waals surface area contributed by atoms with E-state index in [9.17, 15) is 35.5 Å². The number of carbonyl (C=O) groups excluding carboxylic acids is 1. The Morgan fingerprint density at radius 2 is 1.50 bits per heavy atom. The molecule has 11 heteroatoms. The molecule has 0 aromatic heterocycles. The standard InChI is InChI=1S/C17H12ClF7N2O/c18-13(15(19,16(20,21)22)17(23,24)25)11-6-1-2-7-12(11)27-14(28)9-4-3-5-10(26)8-9/h1-8,13H,26H2,(H,27,28). The zero-order valence-electron chi connectivity index (χ0n) is 13.7. The maximum atomic E-state index is 14.3. The monoisotopic (exact) mass is 428 g/mol. The molecule has 3 N–H and O–H groups in total. The van der Waals surface area contributed by atoms with Gasteiger partial charge in [-0.25, -0.2) is 4.39 Å². The fourth-order valence-electron chi connectivity index (χ4n) is 2.37. The molecule has 1 unspecified atom stereocenters. The van der Waals surface area contributed by atoms with Crippen molar-refractivity contribution >= 4 is 28.9 Å². The van der Waals surface area contributed by atoms with Crippen LogP contribution in [0.1, 0.15) is 21.3 Å². The maximum absolute atomic E-state index is 14.3. The van der Waals surface area contributed by atoms with Gasteiger partial charge in [-0.3, -0.25) is 4.79 Å². The topological polar surface area (TPSA) is 55.1 Å². The number of hydrogen-bond acceptors (Lipinski definition) is 2. The summed E-state index contributed by atoms with van der Waals surface area (Å²) in [6.07, 6.45) is -12.7. The van der Waals surface area contributed by atoms with Gasteiger partial charge in [-0.15, -0.1) is 11.6 Å². The van der Waals surface area contributed by atoms with Gasteiger partial charge in [0.05, 0.1) is 0 Å². The molecule has 0 fully saturated rings. The molecular formula is C17H12ClF7N2O. The minimum atomic E-state index is -6.34. The largest absolute Gasteiger partial charge is 0.433 e. The van der Waals surface area contributed by atoms with Gasteiger partial charge in [0.15, 0.2) is 0 Å². The molecule has 0 saturated heterocycles. The summed E-state index contributed by atoms with van der Waals surface area (Å²) in [4.78, 5) is 12.2. The Morgan fingerprint density at radius 1 is 0.929 bits per heavy atom. The predicted octanol–water partition coefficient (Wildman–Crippen LogP) is 5.63. The second-order valence-corrected chi connectivity index (χ2v) is 6.17. The zero-order valence-corrected chi connectivity index (χ0v) is 14.5. The maximum Gasteiger partial charge on any atom is 0.433 e. The van der Waals surface area contributed by atoms with Crippen LogP contribution >= 0.6 is 11.6 Å². The van der Waals surface area contributed by atoms with E-state index in [1.165, 1.54) is 30.3 Å². The van der Waals surface area contributed by atoms with Crippen LogP contribution in [-0.4, -0.2) is 23.9 Å². The number of nitrogens with one attached hydrogen (secondary N) is 1. The van der Waals surface area contributed by atoms with Crippen LogP contribution in [-0.2, 0) is 0 Å². The van der Waals surface area contributed by atoms with Gasteiger partial charge in [-0.2, -0.15) is 26.3 Å². The average Bonchev–Trinajstić information content (AvgIpc) is 2.59.